The lowest BCUT2D eigenvalue weighted by atomic mass is 9.79. The van der Waals surface area contributed by atoms with Crippen LogP contribution in [0.3, 0.4) is 0 Å². The third kappa shape index (κ3) is 6.39. The zero-order valence-electron chi connectivity index (χ0n) is 11.5. The molecular weight excluding hydrogens is 214 g/mol. The molecule has 1 fully saturated rings. The van der Waals surface area contributed by atoms with Gasteiger partial charge in [-0.15, -0.1) is 0 Å². The summed E-state index contributed by atoms with van der Waals surface area (Å²) in [6.45, 7) is 5.46. The molecule has 0 aromatic heterocycles. The number of nitrogens with two attached hydrogens (primary N) is 1. The minimum absolute atomic E-state index is 0.0566. The van der Waals surface area contributed by atoms with Crippen molar-refractivity contribution in [3.8, 4) is 0 Å². The van der Waals surface area contributed by atoms with Gasteiger partial charge in [0.2, 0.25) is 0 Å². The topological polar surface area (TPSA) is 55.5 Å². The van der Waals surface area contributed by atoms with Crippen LogP contribution in [-0.4, -0.2) is 30.5 Å². The standard InChI is InChI=1S/C14H29NO2/c1-14(2)8-4-3-5-13(6-9-14)17-10-7-12(15)11-16/h12-13,16H,3-11,15H2,1-2H3. The maximum atomic E-state index is 8.84. The van der Waals surface area contributed by atoms with E-state index in [-0.39, 0.29) is 12.6 Å². The summed E-state index contributed by atoms with van der Waals surface area (Å²) in [5.41, 5.74) is 6.13. The molecule has 0 heterocycles. The van der Waals surface area contributed by atoms with Crippen molar-refractivity contribution in [2.45, 2.75) is 70.9 Å². The van der Waals surface area contributed by atoms with Crippen LogP contribution in [0.2, 0.25) is 0 Å². The summed E-state index contributed by atoms with van der Waals surface area (Å²) >= 11 is 0. The zero-order chi connectivity index (χ0) is 12.7. The number of hydrogen-bond donors (Lipinski definition) is 2. The monoisotopic (exact) mass is 243 g/mol. The lowest BCUT2D eigenvalue weighted by Crippen LogP contribution is -2.28. The van der Waals surface area contributed by atoms with Gasteiger partial charge in [-0.25, -0.2) is 0 Å². The van der Waals surface area contributed by atoms with E-state index in [4.69, 9.17) is 15.6 Å². The molecule has 102 valence electrons. The molecule has 0 spiro atoms. The maximum absolute atomic E-state index is 8.84. The highest BCUT2D eigenvalue weighted by Crippen LogP contribution is 2.33. The molecule has 0 aromatic rings. The first-order valence-electron chi connectivity index (χ1n) is 7.01. The molecule has 1 saturated carbocycles. The first-order valence-corrected chi connectivity index (χ1v) is 7.01. The molecule has 1 aliphatic carbocycles. The quantitative estimate of drug-likeness (QED) is 0.780. The van der Waals surface area contributed by atoms with Crippen LogP contribution in [-0.2, 0) is 4.74 Å². The van der Waals surface area contributed by atoms with E-state index >= 15 is 0 Å². The van der Waals surface area contributed by atoms with E-state index in [1.165, 1.54) is 38.5 Å². The molecule has 17 heavy (non-hydrogen) atoms. The van der Waals surface area contributed by atoms with Crippen LogP contribution in [0, 0.1) is 5.41 Å². The first kappa shape index (κ1) is 14.9. The highest BCUT2D eigenvalue weighted by molar-refractivity contribution is 4.75. The molecule has 3 heteroatoms. The summed E-state index contributed by atoms with van der Waals surface area (Å²) in [6.07, 6.45) is 8.71. The average Bonchev–Trinajstić information content (AvgIpc) is 2.28. The largest absolute Gasteiger partial charge is 0.395 e. The van der Waals surface area contributed by atoms with Gasteiger partial charge in [0.1, 0.15) is 0 Å². The van der Waals surface area contributed by atoms with E-state index in [0.29, 0.717) is 18.1 Å². The van der Waals surface area contributed by atoms with E-state index in [2.05, 4.69) is 13.8 Å². The minimum atomic E-state index is -0.125. The van der Waals surface area contributed by atoms with Crippen molar-refractivity contribution in [2.24, 2.45) is 11.1 Å². The summed E-state index contributed by atoms with van der Waals surface area (Å²) < 4.78 is 5.89. The zero-order valence-corrected chi connectivity index (χ0v) is 11.5. The van der Waals surface area contributed by atoms with Gasteiger partial charge in [-0.2, -0.15) is 0 Å². The molecule has 0 bridgehead atoms. The van der Waals surface area contributed by atoms with Gasteiger partial charge in [0.05, 0.1) is 12.7 Å². The van der Waals surface area contributed by atoms with Crippen LogP contribution in [0.1, 0.15) is 58.8 Å². The SMILES string of the molecule is CC1(C)CCCCC(OCCC(N)CO)CC1. The fraction of sp³-hybridized carbons (Fsp3) is 1.00. The van der Waals surface area contributed by atoms with E-state index < -0.39 is 0 Å². The molecule has 2 atom stereocenters. The second-order valence-electron chi connectivity index (χ2n) is 6.17. The predicted molar refractivity (Wildman–Crippen MR) is 70.9 cm³/mol. The number of rotatable bonds is 5. The molecule has 0 aliphatic heterocycles. The molecular formula is C14H29NO2. The van der Waals surface area contributed by atoms with Crippen LogP contribution < -0.4 is 5.73 Å². The van der Waals surface area contributed by atoms with Gasteiger partial charge in [0.25, 0.3) is 0 Å². The van der Waals surface area contributed by atoms with Crippen molar-refractivity contribution in [1.29, 1.82) is 0 Å². The second kappa shape index (κ2) is 7.34. The van der Waals surface area contributed by atoms with E-state index in [0.717, 1.165) is 6.42 Å². The van der Waals surface area contributed by atoms with Crippen LogP contribution in [0.15, 0.2) is 0 Å². The van der Waals surface area contributed by atoms with Gasteiger partial charge in [0, 0.05) is 12.6 Å². The van der Waals surface area contributed by atoms with Crippen molar-refractivity contribution >= 4 is 0 Å². The smallest absolute Gasteiger partial charge is 0.0583 e. The lowest BCUT2D eigenvalue weighted by Gasteiger charge is -2.30. The molecule has 0 aromatic carbocycles. The summed E-state index contributed by atoms with van der Waals surface area (Å²) in [4.78, 5) is 0. The second-order valence-corrected chi connectivity index (χ2v) is 6.17. The molecule has 3 N–H and O–H groups in total. The fourth-order valence-corrected chi connectivity index (χ4v) is 2.44. The fourth-order valence-electron chi connectivity index (χ4n) is 2.44. The van der Waals surface area contributed by atoms with Gasteiger partial charge >= 0.3 is 0 Å². The Balaban J connectivity index is 2.23. The Morgan fingerprint density at radius 1 is 1.29 bits per heavy atom. The summed E-state index contributed by atoms with van der Waals surface area (Å²) in [6, 6.07) is -0.125. The minimum Gasteiger partial charge on any atom is -0.395 e. The van der Waals surface area contributed by atoms with Crippen molar-refractivity contribution in [3.05, 3.63) is 0 Å². The third-order valence-corrected chi connectivity index (χ3v) is 3.85. The van der Waals surface area contributed by atoms with E-state index in [9.17, 15) is 0 Å². The number of ether oxygens (including phenoxy) is 1. The summed E-state index contributed by atoms with van der Waals surface area (Å²) in [7, 11) is 0. The van der Waals surface area contributed by atoms with Crippen molar-refractivity contribution < 1.29 is 9.84 Å². The molecule has 3 nitrogen and oxygen atoms in total. The summed E-state index contributed by atoms with van der Waals surface area (Å²) in [5.74, 6) is 0. The molecule has 0 radical (unpaired) electrons. The molecule has 1 aliphatic rings. The Labute approximate surface area is 106 Å². The maximum Gasteiger partial charge on any atom is 0.0583 e. The molecule has 0 saturated heterocycles. The Morgan fingerprint density at radius 2 is 2.06 bits per heavy atom. The van der Waals surface area contributed by atoms with Gasteiger partial charge in [-0.1, -0.05) is 26.7 Å². The third-order valence-electron chi connectivity index (χ3n) is 3.85. The van der Waals surface area contributed by atoms with Gasteiger partial charge in [-0.3, -0.25) is 0 Å². The van der Waals surface area contributed by atoms with Crippen LogP contribution in [0.4, 0.5) is 0 Å². The van der Waals surface area contributed by atoms with E-state index in [1.807, 2.05) is 0 Å². The predicted octanol–water partition coefficient (Wildman–Crippen LogP) is 2.46. The van der Waals surface area contributed by atoms with Crippen molar-refractivity contribution in [1.82, 2.24) is 0 Å². The molecule has 2 unspecified atom stereocenters. The van der Waals surface area contributed by atoms with Gasteiger partial charge < -0.3 is 15.6 Å². The normalized spacial score (nSPS) is 27.2. The van der Waals surface area contributed by atoms with Crippen molar-refractivity contribution in [3.63, 3.8) is 0 Å². The molecule has 0 amide bonds. The number of aliphatic hydroxyl groups is 1. The molecule has 1 rings (SSSR count). The van der Waals surface area contributed by atoms with Crippen LogP contribution in [0.25, 0.3) is 0 Å². The Bertz CT molecular complexity index is 206. The Hall–Kier alpha value is -0.120. The lowest BCUT2D eigenvalue weighted by molar-refractivity contribution is 0.0192. The first-order chi connectivity index (χ1) is 8.03. The van der Waals surface area contributed by atoms with Gasteiger partial charge in [0.15, 0.2) is 0 Å². The average molecular weight is 243 g/mol. The van der Waals surface area contributed by atoms with Crippen LogP contribution in [0.5, 0.6) is 0 Å². The van der Waals surface area contributed by atoms with Crippen molar-refractivity contribution in [2.75, 3.05) is 13.2 Å². The number of aliphatic hydroxyl groups excluding tert-OH is 1. The Morgan fingerprint density at radius 3 is 2.76 bits per heavy atom. The Kier molecular flexibility index (Phi) is 6.45. The highest BCUT2D eigenvalue weighted by Gasteiger charge is 2.23. The summed E-state index contributed by atoms with van der Waals surface area (Å²) in [5, 5.41) is 8.84. The van der Waals surface area contributed by atoms with E-state index in [1.54, 1.807) is 0 Å². The van der Waals surface area contributed by atoms with Gasteiger partial charge in [-0.05, 0) is 37.5 Å². The highest BCUT2D eigenvalue weighted by atomic mass is 16.5. The van der Waals surface area contributed by atoms with Crippen LogP contribution >= 0.6 is 0 Å². The number of hydrogen-bond acceptors (Lipinski definition) is 3.